The summed E-state index contributed by atoms with van der Waals surface area (Å²) in [5.41, 5.74) is 0.336. The maximum Gasteiger partial charge on any atom is 0.148 e. The lowest BCUT2D eigenvalue weighted by molar-refractivity contribution is 1.54. The molecule has 0 amide bonds. The van der Waals surface area contributed by atoms with E-state index in [1.54, 1.807) is 22.9 Å². The van der Waals surface area contributed by atoms with Crippen molar-refractivity contribution in [3.63, 3.8) is 0 Å². The van der Waals surface area contributed by atoms with Crippen LogP contribution in [0.1, 0.15) is 0 Å². The number of aliphatic imine (C=N–C) groups is 1. The molecule has 9 heavy (non-hydrogen) atoms. The predicted octanol–water partition coefficient (Wildman–Crippen LogP) is 1.52. The van der Waals surface area contributed by atoms with Crippen LogP contribution in [-0.2, 0) is 0 Å². The molecule has 0 saturated heterocycles. The molecule has 0 aromatic rings. The van der Waals surface area contributed by atoms with Gasteiger partial charge in [0.2, 0.25) is 0 Å². The van der Waals surface area contributed by atoms with Crippen LogP contribution in [0, 0.1) is 11.3 Å². The molecule has 0 aromatic carbocycles. The third-order valence-corrected chi connectivity index (χ3v) is 1.06. The smallest absolute Gasteiger partial charge is 0.148 e. The predicted molar refractivity (Wildman–Crippen MR) is 45.8 cm³/mol. The molecule has 0 heterocycles. The van der Waals surface area contributed by atoms with Crippen LogP contribution >= 0.6 is 22.9 Å². The van der Waals surface area contributed by atoms with Crippen LogP contribution in [0.3, 0.4) is 0 Å². The molecule has 0 aliphatic heterocycles. The average Bonchev–Trinajstić information content (AvgIpc) is 1.91. The number of hydrogen-bond donors (Lipinski definition) is 0. The highest BCUT2D eigenvalue weighted by atomic mass is 127. The molecule has 0 saturated carbocycles. The van der Waals surface area contributed by atoms with Crippen LogP contribution in [0.15, 0.2) is 20.5 Å². The normalized spacial score (nSPS) is 11.3. The third kappa shape index (κ3) is 3.85. The summed E-state index contributed by atoms with van der Waals surface area (Å²) in [5, 5.41) is 8.25. The van der Waals surface area contributed by atoms with Gasteiger partial charge in [0.1, 0.15) is 11.8 Å². The second-order valence-corrected chi connectivity index (χ2v) is 1.56. The number of nitrogens with zero attached hydrogens (tertiary/aromatic N) is 3. The van der Waals surface area contributed by atoms with Crippen molar-refractivity contribution in [3.8, 4) is 6.07 Å². The number of hydrogen-bond acceptors (Lipinski definition) is 3. The second kappa shape index (κ2) is 5.44. The second-order valence-electron chi connectivity index (χ2n) is 1.08. The van der Waals surface area contributed by atoms with Gasteiger partial charge in [0.25, 0.3) is 0 Å². The minimum absolute atomic E-state index is 0.336. The van der Waals surface area contributed by atoms with Crippen molar-refractivity contribution in [2.75, 3.05) is 0 Å². The van der Waals surface area contributed by atoms with E-state index < -0.39 is 0 Å². The van der Waals surface area contributed by atoms with E-state index in [9.17, 15) is 0 Å². The summed E-state index contributed by atoms with van der Waals surface area (Å²) >= 11 is 1.74. The van der Waals surface area contributed by atoms with Crippen molar-refractivity contribution in [3.05, 3.63) is 12.3 Å². The zero-order chi connectivity index (χ0) is 7.11. The Morgan fingerprint density at radius 2 is 2.44 bits per heavy atom. The fourth-order valence-electron chi connectivity index (χ4n) is 0.208. The van der Waals surface area contributed by atoms with Gasteiger partial charge in [0.15, 0.2) is 0 Å². The Bertz CT molecular complexity index is 187. The first-order valence-electron chi connectivity index (χ1n) is 2.06. The first-order valence-corrected chi connectivity index (χ1v) is 3.03. The quantitative estimate of drug-likeness (QED) is 0.526. The fraction of sp³-hybridized carbons (Fsp3) is 0. The maximum atomic E-state index is 8.25. The Balaban J connectivity index is 4.05. The Morgan fingerprint density at radius 3 is 2.78 bits per heavy atom. The van der Waals surface area contributed by atoms with E-state index >= 15 is 0 Å². The number of rotatable bonds is 2. The summed E-state index contributed by atoms with van der Waals surface area (Å²) in [4.78, 5) is 3.41. The van der Waals surface area contributed by atoms with Crippen molar-refractivity contribution in [1.82, 2.24) is 0 Å². The molecule has 0 aliphatic rings. The van der Waals surface area contributed by atoms with E-state index in [0.717, 1.165) is 0 Å². The van der Waals surface area contributed by atoms with Gasteiger partial charge in [-0.3, -0.25) is 4.99 Å². The standard InChI is InChI=1S/C5H4IN3/c1-8-3-2-5(4-7)9-6/h2-3H,1H2/b3-2-,9-5?. The summed E-state index contributed by atoms with van der Waals surface area (Å²) in [7, 11) is 0. The Labute approximate surface area is 67.3 Å². The molecular weight excluding hydrogens is 229 g/mol. The minimum Gasteiger partial charge on any atom is -0.272 e. The highest BCUT2D eigenvalue weighted by molar-refractivity contribution is 14.1. The molecule has 4 heteroatoms. The molecule has 0 unspecified atom stereocenters. The van der Waals surface area contributed by atoms with Gasteiger partial charge in [-0.2, -0.15) is 5.26 Å². The first kappa shape index (κ1) is 8.30. The van der Waals surface area contributed by atoms with Crippen LogP contribution in [0.4, 0.5) is 0 Å². The molecule has 0 radical (unpaired) electrons. The summed E-state index contributed by atoms with van der Waals surface area (Å²) in [6.07, 6.45) is 2.90. The lowest BCUT2D eigenvalue weighted by atomic mass is 10.4. The van der Waals surface area contributed by atoms with Gasteiger partial charge in [-0.1, -0.05) is 0 Å². The number of halogens is 1. The molecule has 0 fully saturated rings. The van der Waals surface area contributed by atoms with Crippen molar-refractivity contribution in [2.45, 2.75) is 0 Å². The highest BCUT2D eigenvalue weighted by Gasteiger charge is 1.83. The van der Waals surface area contributed by atoms with Crippen LogP contribution in [0.5, 0.6) is 0 Å². The molecule has 0 spiro atoms. The van der Waals surface area contributed by atoms with Gasteiger partial charge in [-0.15, -0.1) is 0 Å². The van der Waals surface area contributed by atoms with Crippen LogP contribution < -0.4 is 0 Å². The Hall–Kier alpha value is -0.700. The van der Waals surface area contributed by atoms with Gasteiger partial charge in [-0.25, -0.2) is 3.21 Å². The lowest BCUT2D eigenvalue weighted by Gasteiger charge is -1.76. The van der Waals surface area contributed by atoms with Gasteiger partial charge in [0, 0.05) is 6.20 Å². The summed E-state index contributed by atoms with van der Waals surface area (Å²) < 4.78 is 3.60. The molecule has 0 rings (SSSR count). The van der Waals surface area contributed by atoms with Crippen LogP contribution in [-0.4, -0.2) is 12.4 Å². The van der Waals surface area contributed by atoms with E-state index in [2.05, 4.69) is 14.9 Å². The monoisotopic (exact) mass is 233 g/mol. The van der Waals surface area contributed by atoms with Crippen molar-refractivity contribution >= 4 is 35.3 Å². The van der Waals surface area contributed by atoms with Crippen molar-refractivity contribution in [2.24, 2.45) is 8.20 Å². The SMILES string of the molecule is C=N/C=C\C(C#N)=NI. The minimum atomic E-state index is 0.336. The Kier molecular flexibility index (Phi) is 5.01. The number of allylic oxidation sites excluding steroid dienone is 1. The first-order chi connectivity index (χ1) is 4.35. The van der Waals surface area contributed by atoms with Crippen molar-refractivity contribution < 1.29 is 0 Å². The van der Waals surface area contributed by atoms with Gasteiger partial charge in [0.05, 0.1) is 22.9 Å². The Morgan fingerprint density at radius 1 is 1.78 bits per heavy atom. The molecule has 0 atom stereocenters. The summed E-state index contributed by atoms with van der Waals surface area (Å²) in [6.45, 7) is 3.20. The molecule has 46 valence electrons. The molecule has 0 aliphatic carbocycles. The van der Waals surface area contributed by atoms with Crippen LogP contribution in [0.25, 0.3) is 0 Å². The zero-order valence-corrected chi connectivity index (χ0v) is 6.74. The third-order valence-electron chi connectivity index (χ3n) is 0.543. The fourth-order valence-corrected chi connectivity index (χ4v) is 0.476. The van der Waals surface area contributed by atoms with E-state index in [4.69, 9.17) is 5.26 Å². The molecule has 3 nitrogen and oxygen atoms in total. The van der Waals surface area contributed by atoms with Gasteiger partial charge < -0.3 is 0 Å². The van der Waals surface area contributed by atoms with E-state index in [1.807, 2.05) is 6.07 Å². The van der Waals surface area contributed by atoms with Crippen LogP contribution in [0.2, 0.25) is 0 Å². The highest BCUT2D eigenvalue weighted by Crippen LogP contribution is 1.88. The van der Waals surface area contributed by atoms with E-state index in [1.165, 1.54) is 12.3 Å². The summed E-state index contributed by atoms with van der Waals surface area (Å²) in [5.74, 6) is 0. The number of nitriles is 1. The van der Waals surface area contributed by atoms with Crippen molar-refractivity contribution in [1.29, 1.82) is 5.26 Å². The molecular formula is C5H4IN3. The molecule has 0 bridgehead atoms. The maximum absolute atomic E-state index is 8.25. The zero-order valence-electron chi connectivity index (χ0n) is 4.58. The molecule has 0 N–H and O–H groups in total. The largest absolute Gasteiger partial charge is 0.272 e. The van der Waals surface area contributed by atoms with Gasteiger partial charge in [-0.05, 0) is 12.8 Å². The average molecular weight is 233 g/mol. The molecule has 0 aromatic heterocycles. The van der Waals surface area contributed by atoms with E-state index in [-0.39, 0.29) is 0 Å². The lowest BCUT2D eigenvalue weighted by Crippen LogP contribution is -1.82. The topological polar surface area (TPSA) is 48.5 Å². The van der Waals surface area contributed by atoms with E-state index in [0.29, 0.717) is 5.71 Å². The van der Waals surface area contributed by atoms with Gasteiger partial charge >= 0.3 is 0 Å². The summed E-state index contributed by atoms with van der Waals surface area (Å²) in [6, 6.07) is 1.85.